The Morgan fingerprint density at radius 2 is 1.94 bits per heavy atom. The topological polar surface area (TPSA) is 32.7 Å². The second-order valence-corrected chi connectivity index (χ2v) is 6.18. The Labute approximate surface area is 98.8 Å². The summed E-state index contributed by atoms with van der Waals surface area (Å²) in [5.74, 6) is 0. The van der Waals surface area contributed by atoms with Crippen LogP contribution in [0.1, 0.15) is 39.5 Å². The van der Waals surface area contributed by atoms with Gasteiger partial charge in [-0.1, -0.05) is 12.8 Å². The van der Waals surface area contributed by atoms with Crippen molar-refractivity contribution in [3.63, 3.8) is 0 Å². The largest absolute Gasteiger partial charge is 0.396 e. The van der Waals surface area contributed by atoms with Gasteiger partial charge >= 0.3 is 0 Å². The van der Waals surface area contributed by atoms with Crippen molar-refractivity contribution < 1.29 is 9.84 Å². The van der Waals surface area contributed by atoms with Gasteiger partial charge in [-0.25, -0.2) is 0 Å². The number of hydrogen-bond donors (Lipinski definition) is 1. The summed E-state index contributed by atoms with van der Waals surface area (Å²) in [7, 11) is 0. The highest BCUT2D eigenvalue weighted by Crippen LogP contribution is 2.38. The zero-order valence-electron chi connectivity index (χ0n) is 10.7. The van der Waals surface area contributed by atoms with Crippen LogP contribution < -0.4 is 0 Å². The smallest absolute Gasteiger partial charge is 0.0753 e. The normalized spacial score (nSPS) is 29.4. The molecule has 1 aliphatic heterocycles. The molecule has 2 aliphatic rings. The van der Waals surface area contributed by atoms with E-state index in [1.54, 1.807) is 0 Å². The van der Waals surface area contributed by atoms with E-state index in [1.165, 1.54) is 25.7 Å². The summed E-state index contributed by atoms with van der Waals surface area (Å²) in [4.78, 5) is 2.48. The maximum Gasteiger partial charge on any atom is 0.0753 e. The number of aliphatic hydroxyl groups excluding tert-OH is 1. The van der Waals surface area contributed by atoms with Crippen molar-refractivity contribution >= 4 is 0 Å². The molecule has 0 amide bonds. The van der Waals surface area contributed by atoms with E-state index >= 15 is 0 Å². The van der Waals surface area contributed by atoms with Gasteiger partial charge in [-0.15, -0.1) is 0 Å². The van der Waals surface area contributed by atoms with E-state index in [0.29, 0.717) is 6.61 Å². The lowest BCUT2D eigenvalue weighted by Gasteiger charge is -2.42. The fourth-order valence-electron chi connectivity index (χ4n) is 3.21. The molecule has 1 saturated heterocycles. The van der Waals surface area contributed by atoms with Crippen LogP contribution in [0.15, 0.2) is 0 Å². The average Bonchev–Trinajstić information content (AvgIpc) is 2.65. The lowest BCUT2D eigenvalue weighted by atomic mass is 9.86. The fourth-order valence-corrected chi connectivity index (χ4v) is 3.21. The minimum Gasteiger partial charge on any atom is -0.396 e. The molecule has 0 unspecified atom stereocenters. The number of morpholine rings is 1. The minimum absolute atomic E-state index is 0.0203. The first-order valence-corrected chi connectivity index (χ1v) is 6.53. The van der Waals surface area contributed by atoms with Crippen LogP contribution in [0.5, 0.6) is 0 Å². The number of nitrogens with zero attached hydrogens (tertiary/aromatic N) is 1. The minimum atomic E-state index is -0.0203. The van der Waals surface area contributed by atoms with Gasteiger partial charge in [0.05, 0.1) is 12.2 Å². The molecule has 0 spiro atoms. The van der Waals surface area contributed by atoms with Gasteiger partial charge in [0.1, 0.15) is 0 Å². The molecule has 1 saturated carbocycles. The number of rotatable bonds is 3. The van der Waals surface area contributed by atoms with E-state index in [-0.39, 0.29) is 11.0 Å². The SMILES string of the molecule is CC1(C)CN(CC2(CO)CCCC2)CCO1. The number of ether oxygens (including phenoxy) is 1. The highest BCUT2D eigenvalue weighted by Gasteiger charge is 2.37. The number of aliphatic hydroxyl groups is 1. The van der Waals surface area contributed by atoms with Gasteiger partial charge in [0, 0.05) is 31.7 Å². The van der Waals surface area contributed by atoms with Gasteiger partial charge in [0.15, 0.2) is 0 Å². The van der Waals surface area contributed by atoms with Crippen LogP contribution >= 0.6 is 0 Å². The zero-order chi connectivity index (χ0) is 11.6. The Balaban J connectivity index is 1.93. The lowest BCUT2D eigenvalue weighted by Crippen LogP contribution is -2.51. The van der Waals surface area contributed by atoms with E-state index in [9.17, 15) is 5.11 Å². The third-order valence-corrected chi connectivity index (χ3v) is 4.06. The van der Waals surface area contributed by atoms with Crippen LogP contribution in [-0.4, -0.2) is 48.5 Å². The molecule has 0 bridgehead atoms. The van der Waals surface area contributed by atoms with Crippen LogP contribution in [0.3, 0.4) is 0 Å². The standard InChI is InChI=1S/C13H25NO2/c1-12(2)9-14(7-8-16-12)10-13(11-15)5-3-4-6-13/h15H,3-11H2,1-2H3. The Morgan fingerprint density at radius 1 is 1.25 bits per heavy atom. The third-order valence-electron chi connectivity index (χ3n) is 4.06. The maximum absolute atomic E-state index is 9.62. The average molecular weight is 227 g/mol. The van der Waals surface area contributed by atoms with Gasteiger partial charge in [-0.3, -0.25) is 4.90 Å². The van der Waals surface area contributed by atoms with E-state index in [2.05, 4.69) is 18.7 Å². The summed E-state index contributed by atoms with van der Waals surface area (Å²) in [6, 6.07) is 0. The van der Waals surface area contributed by atoms with E-state index < -0.39 is 0 Å². The van der Waals surface area contributed by atoms with Crippen LogP contribution in [0.2, 0.25) is 0 Å². The molecule has 1 aliphatic carbocycles. The van der Waals surface area contributed by atoms with Gasteiger partial charge in [0.25, 0.3) is 0 Å². The molecule has 2 rings (SSSR count). The summed E-state index contributed by atoms with van der Waals surface area (Å²) in [6.07, 6.45) is 4.96. The van der Waals surface area contributed by atoms with Crippen molar-refractivity contribution in [3.8, 4) is 0 Å². The first-order valence-electron chi connectivity index (χ1n) is 6.53. The second-order valence-electron chi connectivity index (χ2n) is 6.18. The fraction of sp³-hybridized carbons (Fsp3) is 1.00. The Morgan fingerprint density at radius 3 is 2.50 bits per heavy atom. The highest BCUT2D eigenvalue weighted by atomic mass is 16.5. The van der Waals surface area contributed by atoms with Gasteiger partial charge in [-0.05, 0) is 26.7 Å². The highest BCUT2D eigenvalue weighted by molar-refractivity contribution is 4.89. The molecule has 0 atom stereocenters. The molecule has 94 valence electrons. The molecule has 0 radical (unpaired) electrons. The molecule has 0 aromatic heterocycles. The molecular formula is C13H25NO2. The first-order chi connectivity index (χ1) is 7.55. The number of hydrogen-bond acceptors (Lipinski definition) is 3. The molecular weight excluding hydrogens is 202 g/mol. The molecule has 16 heavy (non-hydrogen) atoms. The molecule has 1 N–H and O–H groups in total. The molecule has 3 nitrogen and oxygen atoms in total. The van der Waals surface area contributed by atoms with Crippen LogP contribution in [-0.2, 0) is 4.74 Å². The predicted octanol–water partition coefficient (Wildman–Crippen LogP) is 1.65. The quantitative estimate of drug-likeness (QED) is 0.796. The van der Waals surface area contributed by atoms with Crippen LogP contribution in [0.25, 0.3) is 0 Å². The Bertz CT molecular complexity index is 234. The molecule has 3 heteroatoms. The summed E-state index contributed by atoms with van der Waals surface area (Å²) in [5, 5.41) is 9.62. The predicted molar refractivity (Wildman–Crippen MR) is 64.5 cm³/mol. The van der Waals surface area contributed by atoms with Crippen molar-refractivity contribution in [2.75, 3.05) is 32.8 Å². The van der Waals surface area contributed by atoms with Gasteiger partial charge < -0.3 is 9.84 Å². The van der Waals surface area contributed by atoms with Crippen molar-refractivity contribution in [2.24, 2.45) is 5.41 Å². The zero-order valence-corrected chi connectivity index (χ0v) is 10.7. The summed E-state index contributed by atoms with van der Waals surface area (Å²) < 4.78 is 5.72. The van der Waals surface area contributed by atoms with Crippen molar-refractivity contribution in [2.45, 2.75) is 45.1 Å². The Hall–Kier alpha value is -0.120. The van der Waals surface area contributed by atoms with Gasteiger partial charge in [0.2, 0.25) is 0 Å². The first kappa shape index (κ1) is 12.3. The second kappa shape index (κ2) is 4.63. The van der Waals surface area contributed by atoms with E-state index in [0.717, 1.165) is 26.2 Å². The third kappa shape index (κ3) is 2.76. The Kier molecular flexibility index (Phi) is 3.57. The molecule has 1 heterocycles. The van der Waals surface area contributed by atoms with E-state index in [1.807, 2.05) is 0 Å². The summed E-state index contributed by atoms with van der Waals surface area (Å²) in [5.41, 5.74) is 0.168. The molecule has 2 fully saturated rings. The van der Waals surface area contributed by atoms with Crippen molar-refractivity contribution in [1.29, 1.82) is 0 Å². The van der Waals surface area contributed by atoms with Crippen LogP contribution in [0, 0.1) is 5.41 Å². The van der Waals surface area contributed by atoms with Crippen LogP contribution in [0.4, 0.5) is 0 Å². The molecule has 0 aromatic rings. The van der Waals surface area contributed by atoms with Gasteiger partial charge in [-0.2, -0.15) is 0 Å². The van der Waals surface area contributed by atoms with E-state index in [4.69, 9.17) is 4.74 Å². The summed E-state index contributed by atoms with van der Waals surface area (Å²) >= 11 is 0. The lowest BCUT2D eigenvalue weighted by molar-refractivity contribution is -0.0970. The monoisotopic (exact) mass is 227 g/mol. The summed E-state index contributed by atoms with van der Waals surface area (Å²) in [6.45, 7) is 8.55. The van der Waals surface area contributed by atoms with Crippen molar-refractivity contribution in [3.05, 3.63) is 0 Å². The molecule has 0 aromatic carbocycles. The van der Waals surface area contributed by atoms with Crippen molar-refractivity contribution in [1.82, 2.24) is 4.90 Å². The maximum atomic E-state index is 9.62.